The maximum atomic E-state index is 13.7. The number of aliphatic hydroxyl groups is 1. The molecule has 0 aliphatic heterocycles. The summed E-state index contributed by atoms with van der Waals surface area (Å²) in [7, 11) is 1.57. The summed E-state index contributed by atoms with van der Waals surface area (Å²) in [6.45, 7) is 3.69. The van der Waals surface area contributed by atoms with Crippen molar-refractivity contribution in [2.24, 2.45) is 5.73 Å². The van der Waals surface area contributed by atoms with E-state index in [1.165, 1.54) is 0 Å². The third kappa shape index (κ3) is 3.88. The average molecular weight is 425 g/mol. The molecule has 6 N–H and O–H groups in total. The number of benzene rings is 2. The highest BCUT2D eigenvalue weighted by Crippen LogP contribution is 2.33. The zero-order valence-electron chi connectivity index (χ0n) is 17.6. The van der Waals surface area contributed by atoms with Gasteiger partial charge in [-0.2, -0.15) is 5.10 Å². The number of hydrogen-bond donors (Lipinski definition) is 5. The number of nitrogens with one attached hydrogen (secondary N) is 3. The highest BCUT2D eigenvalue weighted by atomic mass is 16.5. The normalized spacial score (nSPS) is 11.7. The van der Waals surface area contributed by atoms with Gasteiger partial charge >= 0.3 is 0 Å². The van der Waals surface area contributed by atoms with Crippen LogP contribution in [-0.4, -0.2) is 61.2 Å². The zero-order chi connectivity index (χ0) is 21.8. The Morgan fingerprint density at radius 3 is 2.74 bits per heavy atom. The molecule has 4 rings (SSSR count). The summed E-state index contributed by atoms with van der Waals surface area (Å²) in [6.07, 6.45) is 0. The summed E-state index contributed by atoms with van der Waals surface area (Å²) >= 11 is 0. The molecule has 4 aromatic rings. The van der Waals surface area contributed by atoms with Crippen molar-refractivity contribution in [3.63, 3.8) is 0 Å². The molecule has 31 heavy (non-hydrogen) atoms. The van der Waals surface area contributed by atoms with Crippen LogP contribution in [0.4, 0.5) is 5.69 Å². The van der Waals surface area contributed by atoms with Crippen molar-refractivity contribution in [1.82, 2.24) is 20.2 Å². The Morgan fingerprint density at radius 1 is 1.10 bits per heavy atom. The molecule has 0 radical (unpaired) electrons. The van der Waals surface area contributed by atoms with Gasteiger partial charge in [-0.1, -0.05) is 6.07 Å². The lowest BCUT2D eigenvalue weighted by Gasteiger charge is -2.13. The van der Waals surface area contributed by atoms with Crippen molar-refractivity contribution in [1.29, 1.82) is 0 Å². The number of hydrogen-bond acceptors (Lipinski definition) is 8. The van der Waals surface area contributed by atoms with Crippen LogP contribution in [-0.2, 0) is 6.54 Å². The van der Waals surface area contributed by atoms with E-state index >= 15 is 0 Å². The van der Waals surface area contributed by atoms with E-state index < -0.39 is 0 Å². The van der Waals surface area contributed by atoms with E-state index in [9.17, 15) is 4.79 Å². The first-order valence-corrected chi connectivity index (χ1v) is 10.4. The molecule has 0 saturated carbocycles. The molecule has 9 nitrogen and oxygen atoms in total. The van der Waals surface area contributed by atoms with Crippen LogP contribution >= 0.6 is 0 Å². The van der Waals surface area contributed by atoms with Crippen LogP contribution in [0, 0.1) is 0 Å². The molecule has 0 atom stereocenters. The Morgan fingerprint density at radius 2 is 1.97 bits per heavy atom. The van der Waals surface area contributed by atoms with Crippen LogP contribution in [0.2, 0.25) is 0 Å². The SMILES string of the molecule is COc1cccc2c1c(=O)c1c(NCCNCCO)ccc3c(CNCCN)nn2c31. The summed E-state index contributed by atoms with van der Waals surface area (Å²) in [5.41, 5.74) is 8.65. The fraction of sp³-hybridized carbons (Fsp3) is 0.364. The van der Waals surface area contributed by atoms with Crippen LogP contribution in [0.15, 0.2) is 35.1 Å². The van der Waals surface area contributed by atoms with Crippen LogP contribution in [0.5, 0.6) is 5.75 Å². The predicted molar refractivity (Wildman–Crippen MR) is 123 cm³/mol. The lowest BCUT2D eigenvalue weighted by atomic mass is 10.0. The van der Waals surface area contributed by atoms with E-state index in [2.05, 4.69) is 16.0 Å². The van der Waals surface area contributed by atoms with Gasteiger partial charge in [-0.3, -0.25) is 4.79 Å². The van der Waals surface area contributed by atoms with Gasteiger partial charge in [-0.05, 0) is 24.3 Å². The first-order valence-electron chi connectivity index (χ1n) is 10.4. The average Bonchev–Trinajstić information content (AvgIpc) is 3.16. The number of rotatable bonds is 11. The van der Waals surface area contributed by atoms with E-state index in [4.69, 9.17) is 20.7 Å². The summed E-state index contributed by atoms with van der Waals surface area (Å²) in [5.74, 6) is 0.527. The van der Waals surface area contributed by atoms with E-state index in [1.54, 1.807) is 13.2 Å². The van der Waals surface area contributed by atoms with Gasteiger partial charge in [0.15, 0.2) is 0 Å². The molecular formula is C22H28N6O3. The number of aromatic nitrogens is 2. The van der Waals surface area contributed by atoms with Crippen molar-refractivity contribution >= 4 is 32.9 Å². The number of anilines is 1. The first kappa shape index (κ1) is 21.3. The number of fused-ring (bicyclic) bond motifs is 2. The monoisotopic (exact) mass is 424 g/mol. The van der Waals surface area contributed by atoms with Crippen molar-refractivity contribution < 1.29 is 9.84 Å². The molecule has 0 amide bonds. The van der Waals surface area contributed by atoms with Crippen molar-refractivity contribution in [2.75, 3.05) is 51.8 Å². The number of nitrogens with two attached hydrogens (primary N) is 1. The molecule has 2 heterocycles. The Kier molecular flexibility index (Phi) is 6.47. The first-order chi connectivity index (χ1) is 15.2. The van der Waals surface area contributed by atoms with Gasteiger partial charge in [0.25, 0.3) is 0 Å². The fourth-order valence-electron chi connectivity index (χ4n) is 3.97. The standard InChI is InChI=1S/C22H28N6O3/c1-31-18-4-2-3-17-20(18)22(30)19-15(26-10-9-24-11-12-29)6-5-14-16(13-25-8-7-23)27-28(17)21(14)19/h2-6,24-26,29H,7-13,23H2,1H3. The van der Waals surface area contributed by atoms with Gasteiger partial charge in [0.1, 0.15) is 5.75 Å². The van der Waals surface area contributed by atoms with E-state index in [0.29, 0.717) is 61.3 Å². The van der Waals surface area contributed by atoms with Gasteiger partial charge < -0.3 is 31.5 Å². The molecule has 0 unspecified atom stereocenters. The Labute approximate surface area is 179 Å². The molecule has 0 spiro atoms. The molecular weight excluding hydrogens is 396 g/mol. The molecule has 2 aromatic carbocycles. The van der Waals surface area contributed by atoms with Gasteiger partial charge in [-0.25, -0.2) is 4.52 Å². The highest BCUT2D eigenvalue weighted by Gasteiger charge is 2.21. The van der Waals surface area contributed by atoms with Crippen LogP contribution < -0.4 is 31.8 Å². The van der Waals surface area contributed by atoms with E-state index in [-0.39, 0.29) is 12.0 Å². The second-order valence-electron chi connectivity index (χ2n) is 7.29. The summed E-state index contributed by atoms with van der Waals surface area (Å²) in [6, 6.07) is 9.48. The lowest BCUT2D eigenvalue weighted by molar-refractivity contribution is 0.293. The predicted octanol–water partition coefficient (Wildman–Crippen LogP) is 0.489. The third-order valence-electron chi connectivity index (χ3n) is 5.35. The van der Waals surface area contributed by atoms with Crippen molar-refractivity contribution in [2.45, 2.75) is 6.54 Å². The molecule has 0 fully saturated rings. The van der Waals surface area contributed by atoms with Gasteiger partial charge in [-0.15, -0.1) is 0 Å². The summed E-state index contributed by atoms with van der Waals surface area (Å²) in [5, 5.41) is 25.6. The van der Waals surface area contributed by atoms with Crippen LogP contribution in [0.3, 0.4) is 0 Å². The Hall–Kier alpha value is -2.98. The minimum atomic E-state index is -0.0854. The minimum absolute atomic E-state index is 0.0854. The maximum Gasteiger partial charge on any atom is 0.203 e. The topological polar surface area (TPSA) is 126 Å². The Bertz CT molecular complexity index is 1240. The second-order valence-corrected chi connectivity index (χ2v) is 7.29. The number of ether oxygens (including phenoxy) is 1. The van der Waals surface area contributed by atoms with Crippen molar-refractivity contribution in [3.8, 4) is 5.75 Å². The van der Waals surface area contributed by atoms with Gasteiger partial charge in [0.05, 0.1) is 41.2 Å². The zero-order valence-corrected chi connectivity index (χ0v) is 17.6. The molecule has 2 aromatic heterocycles. The van der Waals surface area contributed by atoms with E-state index in [0.717, 1.165) is 22.3 Å². The minimum Gasteiger partial charge on any atom is -0.496 e. The third-order valence-corrected chi connectivity index (χ3v) is 5.35. The van der Waals surface area contributed by atoms with Crippen LogP contribution in [0.25, 0.3) is 27.2 Å². The molecule has 0 aliphatic rings. The van der Waals surface area contributed by atoms with Crippen molar-refractivity contribution in [3.05, 3.63) is 46.2 Å². The number of methoxy groups -OCH3 is 1. The van der Waals surface area contributed by atoms with Gasteiger partial charge in [0.2, 0.25) is 5.43 Å². The number of pyridine rings is 1. The smallest absolute Gasteiger partial charge is 0.203 e. The molecule has 0 bridgehead atoms. The van der Waals surface area contributed by atoms with Gasteiger partial charge in [0, 0.05) is 50.3 Å². The number of nitrogens with zero attached hydrogens (tertiary/aromatic N) is 2. The molecule has 0 saturated heterocycles. The second kappa shape index (κ2) is 9.44. The highest BCUT2D eigenvalue weighted by molar-refractivity contribution is 6.09. The fourth-order valence-corrected chi connectivity index (χ4v) is 3.97. The van der Waals surface area contributed by atoms with Crippen LogP contribution in [0.1, 0.15) is 5.69 Å². The molecule has 9 heteroatoms. The maximum absolute atomic E-state index is 13.7. The largest absolute Gasteiger partial charge is 0.496 e. The number of aliphatic hydroxyl groups excluding tert-OH is 1. The lowest BCUT2D eigenvalue weighted by Crippen LogP contribution is -2.25. The quantitative estimate of drug-likeness (QED) is 0.174. The van der Waals surface area contributed by atoms with E-state index in [1.807, 2.05) is 28.8 Å². The summed E-state index contributed by atoms with van der Waals surface area (Å²) in [4.78, 5) is 13.7. The molecule has 164 valence electrons. The summed E-state index contributed by atoms with van der Waals surface area (Å²) < 4.78 is 7.35. The molecule has 0 aliphatic carbocycles. The Balaban J connectivity index is 1.90.